The Kier molecular flexibility index (Phi) is 6.93. The molecular formula is C21H25ClO6. The van der Waals surface area contributed by atoms with Crippen molar-refractivity contribution in [2.75, 3.05) is 13.2 Å². The maximum absolute atomic E-state index is 10.3. The van der Waals surface area contributed by atoms with Crippen molar-refractivity contribution >= 4 is 11.6 Å². The third-order valence-corrected chi connectivity index (χ3v) is 5.29. The van der Waals surface area contributed by atoms with Gasteiger partial charge in [-0.2, -0.15) is 0 Å². The van der Waals surface area contributed by atoms with E-state index in [-0.39, 0.29) is 0 Å². The first-order chi connectivity index (χ1) is 13.4. The zero-order valence-corrected chi connectivity index (χ0v) is 16.3. The summed E-state index contributed by atoms with van der Waals surface area (Å²) in [4.78, 5) is 0. The molecule has 3 rings (SSSR count). The first kappa shape index (κ1) is 21.0. The zero-order chi connectivity index (χ0) is 20.3. The highest BCUT2D eigenvalue weighted by Crippen LogP contribution is 2.34. The van der Waals surface area contributed by atoms with Crippen LogP contribution in [0.3, 0.4) is 0 Å². The maximum atomic E-state index is 10.3. The van der Waals surface area contributed by atoms with Crippen LogP contribution in [0.2, 0.25) is 5.02 Å². The molecule has 1 fully saturated rings. The van der Waals surface area contributed by atoms with E-state index in [2.05, 4.69) is 0 Å². The van der Waals surface area contributed by atoms with Gasteiger partial charge in [0.25, 0.3) is 0 Å². The lowest BCUT2D eigenvalue weighted by Crippen LogP contribution is -2.55. The molecule has 0 saturated carbocycles. The van der Waals surface area contributed by atoms with E-state index in [4.69, 9.17) is 21.1 Å². The zero-order valence-electron chi connectivity index (χ0n) is 15.5. The summed E-state index contributed by atoms with van der Waals surface area (Å²) in [5.41, 5.74) is 2.49. The Labute approximate surface area is 168 Å². The predicted molar refractivity (Wildman–Crippen MR) is 105 cm³/mol. The van der Waals surface area contributed by atoms with Crippen LogP contribution in [0.4, 0.5) is 0 Å². The average Bonchev–Trinajstić information content (AvgIpc) is 2.70. The SMILES string of the molecule is CCOc1ccc(Cc2cc(C3OC(CO)C(O)[C@H](O)C3O)ccc2Cl)cc1. The van der Waals surface area contributed by atoms with Gasteiger partial charge >= 0.3 is 0 Å². The fourth-order valence-electron chi connectivity index (χ4n) is 3.37. The summed E-state index contributed by atoms with van der Waals surface area (Å²) < 4.78 is 11.1. The first-order valence-electron chi connectivity index (χ1n) is 9.25. The Morgan fingerprint density at radius 1 is 1.00 bits per heavy atom. The highest BCUT2D eigenvalue weighted by atomic mass is 35.5. The number of halogens is 1. The van der Waals surface area contributed by atoms with Gasteiger partial charge in [-0.25, -0.2) is 0 Å². The van der Waals surface area contributed by atoms with E-state index in [0.717, 1.165) is 16.9 Å². The minimum atomic E-state index is -1.42. The minimum Gasteiger partial charge on any atom is -0.494 e. The summed E-state index contributed by atoms with van der Waals surface area (Å²) in [6.07, 6.45) is -5.39. The molecule has 4 unspecified atom stereocenters. The normalized spacial score (nSPS) is 27.6. The number of rotatable bonds is 6. The van der Waals surface area contributed by atoms with Crippen molar-refractivity contribution in [1.29, 1.82) is 0 Å². The fraction of sp³-hybridized carbons (Fsp3) is 0.429. The summed E-state index contributed by atoms with van der Waals surface area (Å²) in [6, 6.07) is 12.9. The molecule has 0 aromatic heterocycles. The lowest BCUT2D eigenvalue weighted by molar-refractivity contribution is -0.231. The van der Waals surface area contributed by atoms with Crippen LogP contribution < -0.4 is 4.74 Å². The lowest BCUT2D eigenvalue weighted by atomic mass is 9.90. The molecule has 0 radical (unpaired) electrons. The lowest BCUT2D eigenvalue weighted by Gasteiger charge is -2.40. The summed E-state index contributed by atoms with van der Waals surface area (Å²) in [5.74, 6) is 0.799. The molecule has 1 aliphatic rings. The molecule has 6 nitrogen and oxygen atoms in total. The van der Waals surface area contributed by atoms with Crippen molar-refractivity contribution in [3.63, 3.8) is 0 Å². The molecular weight excluding hydrogens is 384 g/mol. The Hall–Kier alpha value is -1.67. The summed E-state index contributed by atoms with van der Waals surface area (Å²) in [6.45, 7) is 2.07. The fourth-order valence-corrected chi connectivity index (χ4v) is 3.56. The van der Waals surface area contributed by atoms with Crippen LogP contribution in [0.25, 0.3) is 0 Å². The number of hydrogen-bond acceptors (Lipinski definition) is 6. The molecule has 1 heterocycles. The van der Waals surface area contributed by atoms with E-state index in [1.54, 1.807) is 12.1 Å². The number of aliphatic hydroxyl groups excluding tert-OH is 4. The number of benzene rings is 2. The van der Waals surface area contributed by atoms with Crippen LogP contribution in [0.1, 0.15) is 29.7 Å². The molecule has 0 amide bonds. The number of ether oxygens (including phenoxy) is 2. The van der Waals surface area contributed by atoms with Crippen LogP contribution in [0.15, 0.2) is 42.5 Å². The second-order valence-electron chi connectivity index (χ2n) is 6.85. The van der Waals surface area contributed by atoms with Crippen LogP contribution in [-0.4, -0.2) is 58.1 Å². The molecule has 2 aromatic rings. The van der Waals surface area contributed by atoms with E-state index in [1.165, 1.54) is 0 Å². The molecule has 2 aromatic carbocycles. The van der Waals surface area contributed by atoms with Crippen molar-refractivity contribution in [3.8, 4) is 5.75 Å². The summed E-state index contributed by atoms with van der Waals surface area (Å²) in [5, 5.41) is 40.3. The minimum absolute atomic E-state index is 0.464. The van der Waals surface area contributed by atoms with Crippen molar-refractivity contribution in [2.45, 2.75) is 43.9 Å². The Morgan fingerprint density at radius 3 is 2.36 bits per heavy atom. The highest BCUT2D eigenvalue weighted by Gasteiger charge is 2.43. The monoisotopic (exact) mass is 408 g/mol. The molecule has 0 aliphatic carbocycles. The second kappa shape index (κ2) is 9.22. The molecule has 1 saturated heterocycles. The van der Waals surface area contributed by atoms with E-state index in [1.807, 2.05) is 37.3 Å². The smallest absolute Gasteiger partial charge is 0.119 e. The molecule has 0 spiro atoms. The van der Waals surface area contributed by atoms with Gasteiger partial charge in [0.2, 0.25) is 0 Å². The van der Waals surface area contributed by atoms with Crippen LogP contribution in [0.5, 0.6) is 5.75 Å². The summed E-state index contributed by atoms with van der Waals surface area (Å²) >= 11 is 6.35. The Morgan fingerprint density at radius 2 is 1.71 bits per heavy atom. The number of hydrogen-bond donors (Lipinski definition) is 4. The van der Waals surface area contributed by atoms with Gasteiger partial charge in [0, 0.05) is 5.02 Å². The molecule has 5 atom stereocenters. The van der Waals surface area contributed by atoms with Gasteiger partial charge < -0.3 is 29.9 Å². The van der Waals surface area contributed by atoms with Gasteiger partial charge in [0.1, 0.15) is 36.3 Å². The Bertz CT molecular complexity index is 779. The van der Waals surface area contributed by atoms with E-state index in [9.17, 15) is 20.4 Å². The predicted octanol–water partition coefficient (Wildman–Crippen LogP) is 1.84. The van der Waals surface area contributed by atoms with E-state index < -0.39 is 37.1 Å². The van der Waals surface area contributed by atoms with Gasteiger partial charge in [-0.1, -0.05) is 35.9 Å². The van der Waals surface area contributed by atoms with Crippen molar-refractivity contribution in [3.05, 3.63) is 64.2 Å². The van der Waals surface area contributed by atoms with Crippen molar-refractivity contribution in [1.82, 2.24) is 0 Å². The van der Waals surface area contributed by atoms with Gasteiger partial charge in [-0.05, 0) is 48.2 Å². The first-order valence-corrected chi connectivity index (χ1v) is 9.63. The standard InChI is InChI=1S/C21H25ClO6/c1-2-27-15-6-3-12(4-7-15)9-14-10-13(5-8-16(14)22)21-20(26)19(25)18(24)17(11-23)28-21/h3-8,10,17-21,23-26H,2,9,11H2,1H3/t17?,18?,19-,20?,21?/m0/s1. The van der Waals surface area contributed by atoms with E-state index in [0.29, 0.717) is 23.6 Å². The van der Waals surface area contributed by atoms with Crippen LogP contribution in [-0.2, 0) is 11.2 Å². The molecule has 4 N–H and O–H groups in total. The molecule has 152 valence electrons. The highest BCUT2D eigenvalue weighted by molar-refractivity contribution is 6.31. The molecule has 1 aliphatic heterocycles. The molecule has 0 bridgehead atoms. The van der Waals surface area contributed by atoms with Crippen LogP contribution in [0, 0.1) is 0 Å². The van der Waals surface area contributed by atoms with Crippen LogP contribution >= 0.6 is 11.6 Å². The topological polar surface area (TPSA) is 99.4 Å². The van der Waals surface area contributed by atoms with E-state index >= 15 is 0 Å². The van der Waals surface area contributed by atoms with Gasteiger partial charge in [-0.3, -0.25) is 0 Å². The molecule has 7 heteroatoms. The quantitative estimate of drug-likeness (QED) is 0.582. The maximum Gasteiger partial charge on any atom is 0.119 e. The average molecular weight is 409 g/mol. The second-order valence-corrected chi connectivity index (χ2v) is 7.26. The third-order valence-electron chi connectivity index (χ3n) is 4.92. The van der Waals surface area contributed by atoms with Gasteiger partial charge in [-0.15, -0.1) is 0 Å². The van der Waals surface area contributed by atoms with Gasteiger partial charge in [0.05, 0.1) is 13.2 Å². The summed E-state index contributed by atoms with van der Waals surface area (Å²) in [7, 11) is 0. The number of aliphatic hydroxyl groups is 4. The Balaban J connectivity index is 1.82. The van der Waals surface area contributed by atoms with Crippen molar-refractivity contribution < 1.29 is 29.9 Å². The third kappa shape index (κ3) is 4.49. The largest absolute Gasteiger partial charge is 0.494 e. The van der Waals surface area contributed by atoms with Crippen molar-refractivity contribution in [2.24, 2.45) is 0 Å². The molecule has 28 heavy (non-hydrogen) atoms. The van der Waals surface area contributed by atoms with Gasteiger partial charge in [0.15, 0.2) is 0 Å².